The lowest BCUT2D eigenvalue weighted by molar-refractivity contribution is -0.132. The molecule has 2 aromatic carbocycles. The summed E-state index contributed by atoms with van der Waals surface area (Å²) in [4.78, 5) is 15.1. The number of likely N-dealkylation sites (tertiary alicyclic amines) is 1. The van der Waals surface area contributed by atoms with Gasteiger partial charge in [-0.05, 0) is 18.0 Å². The van der Waals surface area contributed by atoms with E-state index in [1.54, 1.807) is 0 Å². The van der Waals surface area contributed by atoms with Crippen LogP contribution in [0.2, 0.25) is 18.6 Å². The van der Waals surface area contributed by atoms with Crippen LogP contribution in [0.5, 0.6) is 0 Å². The molecule has 1 fully saturated rings. The van der Waals surface area contributed by atoms with E-state index in [0.29, 0.717) is 11.4 Å². The number of hydrogen-bond acceptors (Lipinski definition) is 1. The van der Waals surface area contributed by atoms with Gasteiger partial charge in [0.25, 0.3) is 0 Å². The van der Waals surface area contributed by atoms with Crippen LogP contribution in [0.25, 0.3) is 0 Å². The van der Waals surface area contributed by atoms with Crippen molar-refractivity contribution < 1.29 is 4.79 Å². The van der Waals surface area contributed by atoms with Gasteiger partial charge < -0.3 is 4.90 Å². The first-order valence-electron chi connectivity index (χ1n) is 8.83. The minimum absolute atomic E-state index is 0.102. The molecule has 0 radical (unpaired) electrons. The van der Waals surface area contributed by atoms with Crippen molar-refractivity contribution in [2.45, 2.75) is 45.1 Å². The van der Waals surface area contributed by atoms with Gasteiger partial charge in [-0.25, -0.2) is 0 Å². The first kappa shape index (κ1) is 17.0. The fourth-order valence-electron chi connectivity index (χ4n) is 4.52. The quantitative estimate of drug-likeness (QED) is 0.771. The van der Waals surface area contributed by atoms with Crippen molar-refractivity contribution in [1.82, 2.24) is 4.90 Å². The van der Waals surface area contributed by atoms with Crippen LogP contribution in [0.1, 0.15) is 19.4 Å². The van der Waals surface area contributed by atoms with E-state index in [4.69, 9.17) is 0 Å². The van der Waals surface area contributed by atoms with Crippen molar-refractivity contribution in [1.29, 1.82) is 0 Å². The molecule has 3 rings (SSSR count). The van der Waals surface area contributed by atoms with E-state index in [0.717, 1.165) is 6.54 Å². The SMILES string of the molecule is C[C@@H]1C(=O)N(Cc2ccccc2)[C@H](C)[C@H]1[Si](C)(C)c1ccccc1. The Kier molecular flexibility index (Phi) is 4.64. The maximum absolute atomic E-state index is 13.0. The van der Waals surface area contributed by atoms with Gasteiger partial charge in [0.2, 0.25) is 5.91 Å². The van der Waals surface area contributed by atoms with Crippen LogP contribution in [0.4, 0.5) is 0 Å². The Morgan fingerprint density at radius 2 is 1.46 bits per heavy atom. The van der Waals surface area contributed by atoms with Crippen LogP contribution in [-0.4, -0.2) is 24.9 Å². The molecule has 2 nitrogen and oxygen atoms in total. The van der Waals surface area contributed by atoms with Crippen molar-refractivity contribution in [3.05, 3.63) is 66.2 Å². The molecule has 0 bridgehead atoms. The fraction of sp³-hybridized carbons (Fsp3) is 0.381. The van der Waals surface area contributed by atoms with Gasteiger partial charge in [0.1, 0.15) is 0 Å². The Morgan fingerprint density at radius 3 is 2.04 bits per heavy atom. The number of amides is 1. The summed E-state index contributed by atoms with van der Waals surface area (Å²) >= 11 is 0. The molecule has 3 heteroatoms. The molecular weight excluding hydrogens is 310 g/mol. The molecule has 1 amide bonds. The predicted molar refractivity (Wildman–Crippen MR) is 103 cm³/mol. The second-order valence-corrected chi connectivity index (χ2v) is 12.3. The lowest BCUT2D eigenvalue weighted by atomic mass is 10.1. The van der Waals surface area contributed by atoms with Crippen molar-refractivity contribution in [2.75, 3.05) is 0 Å². The molecule has 1 aliphatic rings. The van der Waals surface area contributed by atoms with Gasteiger partial charge in [0.15, 0.2) is 0 Å². The lowest BCUT2D eigenvalue weighted by Gasteiger charge is -2.36. The Morgan fingerprint density at radius 1 is 0.917 bits per heavy atom. The minimum atomic E-state index is -1.74. The minimum Gasteiger partial charge on any atom is -0.335 e. The molecule has 1 heterocycles. The van der Waals surface area contributed by atoms with Crippen LogP contribution in [0.15, 0.2) is 60.7 Å². The van der Waals surface area contributed by atoms with Gasteiger partial charge in [-0.2, -0.15) is 0 Å². The molecule has 0 aromatic heterocycles. The fourth-order valence-corrected chi connectivity index (χ4v) is 8.73. The number of nitrogens with zero attached hydrogens (tertiary/aromatic N) is 1. The van der Waals surface area contributed by atoms with Crippen molar-refractivity contribution >= 4 is 19.2 Å². The van der Waals surface area contributed by atoms with E-state index >= 15 is 0 Å². The van der Waals surface area contributed by atoms with Crippen molar-refractivity contribution in [3.63, 3.8) is 0 Å². The highest BCUT2D eigenvalue weighted by Gasteiger charge is 2.51. The maximum atomic E-state index is 13.0. The van der Waals surface area contributed by atoms with Crippen LogP contribution in [0.3, 0.4) is 0 Å². The van der Waals surface area contributed by atoms with E-state index < -0.39 is 8.07 Å². The first-order chi connectivity index (χ1) is 11.4. The zero-order chi connectivity index (χ0) is 17.3. The third kappa shape index (κ3) is 2.93. The highest BCUT2D eigenvalue weighted by atomic mass is 28.3. The van der Waals surface area contributed by atoms with Crippen molar-refractivity contribution in [2.24, 2.45) is 5.92 Å². The molecule has 0 unspecified atom stereocenters. The average molecular weight is 338 g/mol. The second-order valence-electron chi connectivity index (χ2n) is 7.59. The molecule has 0 spiro atoms. The predicted octanol–water partition coefficient (Wildman–Crippen LogP) is 4.04. The van der Waals surface area contributed by atoms with Crippen LogP contribution >= 0.6 is 0 Å². The summed E-state index contributed by atoms with van der Waals surface area (Å²) in [7, 11) is -1.74. The molecule has 126 valence electrons. The van der Waals surface area contributed by atoms with E-state index in [2.05, 4.69) is 74.3 Å². The third-order valence-corrected chi connectivity index (χ3v) is 10.2. The van der Waals surface area contributed by atoms with Gasteiger partial charge in [-0.15, -0.1) is 0 Å². The molecule has 24 heavy (non-hydrogen) atoms. The molecule has 1 saturated heterocycles. The van der Waals surface area contributed by atoms with Gasteiger partial charge in [-0.1, -0.05) is 85.9 Å². The number of hydrogen-bond donors (Lipinski definition) is 0. The number of carbonyl (C=O) groups is 1. The summed E-state index contributed by atoms with van der Waals surface area (Å²) in [5.74, 6) is 0.415. The molecule has 1 aliphatic heterocycles. The van der Waals surface area contributed by atoms with Gasteiger partial charge in [-0.3, -0.25) is 4.79 Å². The third-order valence-electron chi connectivity index (χ3n) is 5.77. The van der Waals surface area contributed by atoms with Crippen LogP contribution in [-0.2, 0) is 11.3 Å². The van der Waals surface area contributed by atoms with E-state index in [1.807, 2.05) is 18.2 Å². The number of rotatable bonds is 4. The van der Waals surface area contributed by atoms with Crippen LogP contribution in [0, 0.1) is 5.92 Å². The molecule has 2 aromatic rings. The molecule has 0 saturated carbocycles. The zero-order valence-corrected chi connectivity index (χ0v) is 16.1. The lowest BCUT2D eigenvalue weighted by Crippen LogP contribution is -2.50. The molecule has 0 N–H and O–H groups in total. The number of benzene rings is 2. The van der Waals surface area contributed by atoms with Gasteiger partial charge in [0, 0.05) is 18.5 Å². The molecular formula is C21H27NOSi. The average Bonchev–Trinajstić information content (AvgIpc) is 2.80. The first-order valence-corrected chi connectivity index (χ1v) is 11.9. The van der Waals surface area contributed by atoms with Crippen molar-refractivity contribution in [3.8, 4) is 0 Å². The molecule has 3 atom stereocenters. The van der Waals surface area contributed by atoms with E-state index in [1.165, 1.54) is 10.8 Å². The standard InChI is InChI=1S/C21H27NOSi/c1-16-20(24(3,4)19-13-9-6-10-14-19)17(2)22(21(16)23)15-18-11-7-5-8-12-18/h5-14,16-17,20H,15H2,1-4H3/t16-,17+,20-/m0/s1. The topological polar surface area (TPSA) is 20.3 Å². The van der Waals surface area contributed by atoms with Gasteiger partial charge >= 0.3 is 0 Å². The summed E-state index contributed by atoms with van der Waals surface area (Å²) in [6, 6.07) is 21.4. The van der Waals surface area contributed by atoms with E-state index in [9.17, 15) is 4.79 Å². The smallest absolute Gasteiger partial charge is 0.226 e. The zero-order valence-electron chi connectivity index (χ0n) is 15.1. The summed E-state index contributed by atoms with van der Waals surface area (Å²) in [6.07, 6.45) is 0. The highest BCUT2D eigenvalue weighted by molar-refractivity contribution is 6.91. The normalized spacial score (nSPS) is 24.4. The summed E-state index contributed by atoms with van der Waals surface area (Å²) in [5, 5.41) is 1.45. The molecule has 0 aliphatic carbocycles. The summed E-state index contributed by atoms with van der Waals surface area (Å²) in [5.41, 5.74) is 1.65. The second kappa shape index (κ2) is 6.56. The summed E-state index contributed by atoms with van der Waals surface area (Å²) in [6.45, 7) is 9.93. The largest absolute Gasteiger partial charge is 0.335 e. The summed E-state index contributed by atoms with van der Waals surface area (Å²) < 4.78 is 0. The number of carbonyl (C=O) groups excluding carboxylic acids is 1. The highest BCUT2D eigenvalue weighted by Crippen LogP contribution is 2.43. The van der Waals surface area contributed by atoms with E-state index in [-0.39, 0.29) is 12.0 Å². The monoisotopic (exact) mass is 337 g/mol. The Balaban J connectivity index is 1.89. The Labute approximate surface area is 146 Å². The van der Waals surface area contributed by atoms with Crippen LogP contribution < -0.4 is 5.19 Å². The Hall–Kier alpha value is -1.87. The maximum Gasteiger partial charge on any atom is 0.226 e. The Bertz CT molecular complexity index is 698. The van der Waals surface area contributed by atoms with Gasteiger partial charge in [0.05, 0.1) is 8.07 Å².